The molecule has 4 rings (SSSR count). The summed E-state index contributed by atoms with van der Waals surface area (Å²) in [5, 5.41) is 0. The zero-order valence-electron chi connectivity index (χ0n) is 15.9. The number of hydrogen-bond donors (Lipinski definition) is 0. The molecule has 0 aliphatic rings. The van der Waals surface area contributed by atoms with Crippen LogP contribution in [-0.4, -0.2) is 23.7 Å². The Bertz CT molecular complexity index is 1310. The second-order valence-corrected chi connectivity index (χ2v) is 7.55. The third-order valence-electron chi connectivity index (χ3n) is 4.63. The number of imidazole rings is 1. The van der Waals surface area contributed by atoms with Crippen molar-refractivity contribution in [1.29, 1.82) is 0 Å². The zero-order chi connectivity index (χ0) is 20.5. The Morgan fingerprint density at radius 1 is 1.07 bits per heavy atom. The maximum Gasteiger partial charge on any atom is 0.332 e. The highest BCUT2D eigenvalue weighted by Crippen LogP contribution is 2.22. The van der Waals surface area contributed by atoms with Gasteiger partial charge in [0.15, 0.2) is 11.2 Å². The summed E-state index contributed by atoms with van der Waals surface area (Å²) in [5.74, 6) is 0. The SMILES string of the molecule is Cn1c(=O)c2c(nc(OCc3cccnc3)n2Cc2cccc(Br)c2)n(C)c1=O. The van der Waals surface area contributed by atoms with E-state index in [9.17, 15) is 9.59 Å². The van der Waals surface area contributed by atoms with Crippen LogP contribution < -0.4 is 16.0 Å². The van der Waals surface area contributed by atoms with Crippen LogP contribution in [0.25, 0.3) is 11.2 Å². The molecule has 9 heteroatoms. The molecule has 0 radical (unpaired) electrons. The highest BCUT2D eigenvalue weighted by molar-refractivity contribution is 9.10. The predicted octanol–water partition coefficient (Wildman–Crippen LogP) is 2.22. The number of hydrogen-bond acceptors (Lipinski definition) is 5. The van der Waals surface area contributed by atoms with E-state index < -0.39 is 11.2 Å². The van der Waals surface area contributed by atoms with Crippen molar-refractivity contribution in [1.82, 2.24) is 23.7 Å². The number of pyridine rings is 1. The standard InChI is InChI=1S/C20H18BrN5O3/c1-24-17-16(18(27)25(2)20(24)28)26(11-13-5-3-7-15(21)9-13)19(23-17)29-12-14-6-4-8-22-10-14/h3-10H,11-12H2,1-2H3. The van der Waals surface area contributed by atoms with Gasteiger partial charge in [0.05, 0.1) is 6.54 Å². The lowest BCUT2D eigenvalue weighted by molar-refractivity contribution is 0.270. The first-order valence-electron chi connectivity index (χ1n) is 8.88. The van der Waals surface area contributed by atoms with Gasteiger partial charge in [-0.05, 0) is 23.8 Å². The topological polar surface area (TPSA) is 83.9 Å². The summed E-state index contributed by atoms with van der Waals surface area (Å²) >= 11 is 3.47. The minimum Gasteiger partial charge on any atom is -0.460 e. The largest absolute Gasteiger partial charge is 0.460 e. The van der Waals surface area contributed by atoms with Gasteiger partial charge in [0, 0.05) is 36.5 Å². The van der Waals surface area contributed by atoms with E-state index in [0.717, 1.165) is 20.2 Å². The monoisotopic (exact) mass is 455 g/mol. The van der Waals surface area contributed by atoms with Crippen LogP contribution in [0.4, 0.5) is 0 Å². The number of benzene rings is 1. The lowest BCUT2D eigenvalue weighted by Crippen LogP contribution is -2.37. The van der Waals surface area contributed by atoms with Crippen LogP contribution in [0.3, 0.4) is 0 Å². The van der Waals surface area contributed by atoms with E-state index in [4.69, 9.17) is 4.74 Å². The summed E-state index contributed by atoms with van der Waals surface area (Å²) in [6.45, 7) is 0.607. The van der Waals surface area contributed by atoms with E-state index in [1.807, 2.05) is 36.4 Å². The fourth-order valence-electron chi connectivity index (χ4n) is 3.13. The molecule has 0 spiro atoms. The number of ether oxygens (including phenoxy) is 1. The zero-order valence-corrected chi connectivity index (χ0v) is 17.5. The molecule has 0 atom stereocenters. The number of aryl methyl sites for hydroxylation is 1. The molecule has 0 bridgehead atoms. The molecule has 148 valence electrons. The van der Waals surface area contributed by atoms with Crippen LogP contribution in [-0.2, 0) is 27.2 Å². The predicted molar refractivity (Wildman–Crippen MR) is 112 cm³/mol. The van der Waals surface area contributed by atoms with Crippen molar-refractivity contribution in [2.75, 3.05) is 0 Å². The molecule has 0 amide bonds. The highest BCUT2D eigenvalue weighted by Gasteiger charge is 2.20. The molecule has 1 aromatic carbocycles. The molecule has 0 fully saturated rings. The fraction of sp³-hybridized carbons (Fsp3) is 0.200. The first-order valence-corrected chi connectivity index (χ1v) is 9.67. The van der Waals surface area contributed by atoms with Gasteiger partial charge in [-0.1, -0.05) is 34.1 Å². The van der Waals surface area contributed by atoms with Crippen molar-refractivity contribution in [3.8, 4) is 6.01 Å². The van der Waals surface area contributed by atoms with Gasteiger partial charge in [-0.15, -0.1) is 0 Å². The Labute approximate surface area is 174 Å². The maximum atomic E-state index is 12.9. The molecule has 0 aliphatic heterocycles. The van der Waals surface area contributed by atoms with Crippen LogP contribution in [0, 0.1) is 0 Å². The summed E-state index contributed by atoms with van der Waals surface area (Å²) in [5.41, 5.74) is 1.58. The Morgan fingerprint density at radius 3 is 2.59 bits per heavy atom. The van der Waals surface area contributed by atoms with Gasteiger partial charge in [0.2, 0.25) is 0 Å². The highest BCUT2D eigenvalue weighted by atomic mass is 79.9. The number of rotatable bonds is 5. The minimum absolute atomic E-state index is 0.240. The van der Waals surface area contributed by atoms with Crippen molar-refractivity contribution in [3.05, 3.63) is 85.2 Å². The fourth-order valence-corrected chi connectivity index (χ4v) is 3.58. The van der Waals surface area contributed by atoms with E-state index in [-0.39, 0.29) is 18.3 Å². The van der Waals surface area contributed by atoms with Gasteiger partial charge in [0.1, 0.15) is 6.61 Å². The molecule has 29 heavy (non-hydrogen) atoms. The molecule has 0 saturated carbocycles. The minimum atomic E-state index is -0.437. The van der Waals surface area contributed by atoms with E-state index in [1.165, 1.54) is 11.6 Å². The van der Waals surface area contributed by atoms with Gasteiger partial charge in [-0.25, -0.2) is 4.79 Å². The average molecular weight is 456 g/mol. The van der Waals surface area contributed by atoms with Crippen molar-refractivity contribution >= 4 is 27.1 Å². The van der Waals surface area contributed by atoms with Crippen LogP contribution in [0.15, 0.2) is 62.9 Å². The molecule has 0 N–H and O–H groups in total. The van der Waals surface area contributed by atoms with E-state index in [2.05, 4.69) is 25.9 Å². The second-order valence-electron chi connectivity index (χ2n) is 6.64. The third-order valence-corrected chi connectivity index (χ3v) is 5.13. The molecular weight excluding hydrogens is 438 g/mol. The van der Waals surface area contributed by atoms with Crippen molar-refractivity contribution < 1.29 is 4.74 Å². The van der Waals surface area contributed by atoms with Crippen LogP contribution in [0.1, 0.15) is 11.1 Å². The number of aromatic nitrogens is 5. The smallest absolute Gasteiger partial charge is 0.332 e. The van der Waals surface area contributed by atoms with Gasteiger partial charge >= 0.3 is 5.69 Å². The summed E-state index contributed by atoms with van der Waals surface area (Å²) in [6.07, 6.45) is 3.39. The summed E-state index contributed by atoms with van der Waals surface area (Å²) in [7, 11) is 3.04. The van der Waals surface area contributed by atoms with Crippen LogP contribution >= 0.6 is 15.9 Å². The van der Waals surface area contributed by atoms with Crippen LogP contribution in [0.2, 0.25) is 0 Å². The Balaban J connectivity index is 1.86. The number of nitrogens with zero attached hydrogens (tertiary/aromatic N) is 5. The molecule has 3 aromatic heterocycles. The van der Waals surface area contributed by atoms with Gasteiger partial charge in [0.25, 0.3) is 11.6 Å². The van der Waals surface area contributed by atoms with Gasteiger partial charge in [-0.2, -0.15) is 4.98 Å². The maximum absolute atomic E-state index is 12.9. The molecule has 4 aromatic rings. The molecular formula is C20H18BrN5O3. The van der Waals surface area contributed by atoms with E-state index in [0.29, 0.717) is 12.1 Å². The Kier molecular flexibility index (Phi) is 5.06. The van der Waals surface area contributed by atoms with Gasteiger partial charge in [-0.3, -0.25) is 23.5 Å². The van der Waals surface area contributed by atoms with Crippen molar-refractivity contribution in [2.45, 2.75) is 13.2 Å². The Hall–Kier alpha value is -3.20. The average Bonchev–Trinajstić information content (AvgIpc) is 3.08. The molecule has 0 unspecified atom stereocenters. The normalized spacial score (nSPS) is 11.1. The summed E-state index contributed by atoms with van der Waals surface area (Å²) < 4.78 is 11.0. The van der Waals surface area contributed by atoms with E-state index in [1.54, 1.807) is 24.0 Å². The lowest BCUT2D eigenvalue weighted by atomic mass is 10.2. The first-order chi connectivity index (χ1) is 14.0. The summed E-state index contributed by atoms with van der Waals surface area (Å²) in [4.78, 5) is 33.8. The first kappa shape index (κ1) is 19.1. The van der Waals surface area contributed by atoms with Gasteiger partial charge < -0.3 is 4.74 Å². The summed E-state index contributed by atoms with van der Waals surface area (Å²) in [6, 6.07) is 11.7. The quantitative estimate of drug-likeness (QED) is 0.460. The Morgan fingerprint density at radius 2 is 1.86 bits per heavy atom. The van der Waals surface area contributed by atoms with Crippen LogP contribution in [0.5, 0.6) is 6.01 Å². The number of halogens is 1. The van der Waals surface area contributed by atoms with Crippen molar-refractivity contribution in [2.24, 2.45) is 14.1 Å². The lowest BCUT2D eigenvalue weighted by Gasteiger charge is -2.11. The molecule has 0 saturated heterocycles. The molecule has 8 nitrogen and oxygen atoms in total. The third kappa shape index (κ3) is 3.61. The molecule has 0 aliphatic carbocycles. The second kappa shape index (κ2) is 7.67. The van der Waals surface area contributed by atoms with E-state index >= 15 is 0 Å². The molecule has 3 heterocycles. The van der Waals surface area contributed by atoms with Crippen molar-refractivity contribution in [3.63, 3.8) is 0 Å². The number of fused-ring (bicyclic) bond motifs is 1.